The van der Waals surface area contributed by atoms with Crippen LogP contribution in [0.15, 0.2) is 18.2 Å². The lowest BCUT2D eigenvalue weighted by molar-refractivity contribution is -0.140. The molecule has 4 rings (SSSR count). The van der Waals surface area contributed by atoms with E-state index in [1.807, 2.05) is 4.90 Å². The zero-order valence-corrected chi connectivity index (χ0v) is 22.8. The number of carbonyl (C=O) groups is 2. The van der Waals surface area contributed by atoms with Gasteiger partial charge in [-0.15, -0.1) is 0 Å². The standard InChI is InChI=1S/C25H38F2N2O4S2/c1-5-25(2,3)35(4,14-15-35)24(31)28-10-11-29(23(30)18-8-12-34(32,33)13-9-18)22(17-28)19-6-7-20(26)21(27)16-19/h6-7,16,18,22,35H,5,8-15,17H2,1-4H3. The summed E-state index contributed by atoms with van der Waals surface area (Å²) in [6.45, 7) is 7.39. The van der Waals surface area contributed by atoms with Crippen molar-refractivity contribution in [2.24, 2.45) is 5.92 Å². The lowest BCUT2D eigenvalue weighted by atomic mass is 9.96. The normalized spacial score (nSPS) is 27.0. The molecule has 0 spiro atoms. The van der Waals surface area contributed by atoms with Gasteiger partial charge in [0.2, 0.25) is 11.1 Å². The molecule has 6 nitrogen and oxygen atoms in total. The number of benzene rings is 1. The maximum absolute atomic E-state index is 14.2. The summed E-state index contributed by atoms with van der Waals surface area (Å²) in [5.74, 6) is -0.730. The van der Waals surface area contributed by atoms with Gasteiger partial charge in [-0.05, 0) is 59.5 Å². The molecular formula is C25H38F2N2O4S2. The number of hydrogen-bond acceptors (Lipinski definition) is 4. The number of sulfone groups is 1. The molecule has 3 aliphatic rings. The molecule has 10 heteroatoms. The quantitative estimate of drug-likeness (QED) is 0.470. The first-order valence-corrected chi connectivity index (χ1v) is 17.4. The summed E-state index contributed by atoms with van der Waals surface area (Å²) in [7, 11) is -5.75. The lowest BCUT2D eigenvalue weighted by Crippen LogP contribution is -2.56. The van der Waals surface area contributed by atoms with Gasteiger partial charge in [0, 0.05) is 25.6 Å². The Morgan fingerprint density at radius 2 is 1.71 bits per heavy atom. The Morgan fingerprint density at radius 1 is 1.09 bits per heavy atom. The average molecular weight is 533 g/mol. The molecule has 1 unspecified atom stereocenters. The van der Waals surface area contributed by atoms with Crippen LogP contribution in [0.4, 0.5) is 13.6 Å². The highest BCUT2D eigenvalue weighted by molar-refractivity contribution is 8.65. The van der Waals surface area contributed by atoms with Crippen molar-refractivity contribution in [3.8, 4) is 0 Å². The molecule has 1 atom stereocenters. The minimum Gasteiger partial charge on any atom is -0.332 e. The number of carbonyl (C=O) groups excluding carboxylic acids is 2. The van der Waals surface area contributed by atoms with Crippen molar-refractivity contribution < 1.29 is 26.8 Å². The van der Waals surface area contributed by atoms with E-state index in [4.69, 9.17) is 0 Å². The second kappa shape index (κ2) is 8.71. The third kappa shape index (κ3) is 4.38. The van der Waals surface area contributed by atoms with Gasteiger partial charge in [0.1, 0.15) is 9.84 Å². The monoisotopic (exact) mass is 532 g/mol. The van der Waals surface area contributed by atoms with Gasteiger partial charge in [0.05, 0.1) is 17.5 Å². The fourth-order valence-corrected chi connectivity index (χ4v) is 12.9. The predicted molar refractivity (Wildman–Crippen MR) is 138 cm³/mol. The molecule has 35 heavy (non-hydrogen) atoms. The molecule has 198 valence electrons. The molecule has 3 saturated heterocycles. The summed E-state index contributed by atoms with van der Waals surface area (Å²) in [6.07, 6.45) is 3.62. The minimum atomic E-state index is -3.12. The molecule has 0 saturated carbocycles. The molecular weight excluding hydrogens is 494 g/mol. The van der Waals surface area contributed by atoms with E-state index in [1.54, 1.807) is 4.90 Å². The van der Waals surface area contributed by atoms with Crippen LogP contribution in [0, 0.1) is 17.6 Å². The van der Waals surface area contributed by atoms with Crippen molar-refractivity contribution in [1.82, 2.24) is 9.80 Å². The smallest absolute Gasteiger partial charge is 0.250 e. The number of nitrogens with zero attached hydrogens (tertiary/aromatic N) is 2. The predicted octanol–water partition coefficient (Wildman–Crippen LogP) is 4.00. The summed E-state index contributed by atoms with van der Waals surface area (Å²) in [5.41, 5.74) is 0.448. The summed E-state index contributed by atoms with van der Waals surface area (Å²) >= 11 is 0. The van der Waals surface area contributed by atoms with E-state index in [9.17, 15) is 26.8 Å². The second-order valence-electron chi connectivity index (χ2n) is 11.5. The molecule has 0 aromatic heterocycles. The summed E-state index contributed by atoms with van der Waals surface area (Å²) in [4.78, 5) is 31.1. The third-order valence-corrected chi connectivity index (χ3v) is 18.7. The van der Waals surface area contributed by atoms with Crippen molar-refractivity contribution in [3.05, 3.63) is 35.4 Å². The van der Waals surface area contributed by atoms with Crippen LogP contribution in [0.1, 0.15) is 51.6 Å². The summed E-state index contributed by atoms with van der Waals surface area (Å²) < 4.78 is 51.5. The number of hydrogen-bond donors (Lipinski definition) is 1. The topological polar surface area (TPSA) is 74.8 Å². The Morgan fingerprint density at radius 3 is 2.26 bits per heavy atom. The van der Waals surface area contributed by atoms with Gasteiger partial charge < -0.3 is 9.80 Å². The number of rotatable bonds is 4. The van der Waals surface area contributed by atoms with Gasteiger partial charge in [-0.25, -0.2) is 26.4 Å². The van der Waals surface area contributed by atoms with E-state index in [0.717, 1.165) is 30.1 Å². The summed E-state index contributed by atoms with van der Waals surface area (Å²) in [5, 5.41) is 0.186. The SMILES string of the molecule is CCC(C)(C)[SH]1(C)(C(=O)N2CCN(C(=O)C3CCS(=O)(=O)CC3)C(c3ccc(F)c(F)c3)C2)CC1. The Labute approximate surface area is 207 Å². The van der Waals surface area contributed by atoms with Crippen LogP contribution in [0.25, 0.3) is 0 Å². The Bertz CT molecular complexity index is 1140. The highest BCUT2D eigenvalue weighted by Crippen LogP contribution is 2.87. The van der Waals surface area contributed by atoms with Crippen LogP contribution in [-0.2, 0) is 14.6 Å². The first kappa shape index (κ1) is 26.4. The molecule has 0 bridgehead atoms. The van der Waals surface area contributed by atoms with E-state index in [2.05, 4.69) is 27.0 Å². The number of amides is 2. The Hall–Kier alpha value is -1.68. The second-order valence-corrected chi connectivity index (χ2v) is 20.4. The number of thiol groups is 1. The highest BCUT2D eigenvalue weighted by Gasteiger charge is 2.65. The fourth-order valence-electron chi connectivity index (χ4n) is 5.73. The molecule has 0 aliphatic carbocycles. The van der Waals surface area contributed by atoms with Crippen molar-refractivity contribution in [2.75, 3.05) is 48.9 Å². The third-order valence-electron chi connectivity index (χ3n) is 9.47. The van der Waals surface area contributed by atoms with Crippen LogP contribution in [0.3, 0.4) is 0 Å². The highest BCUT2D eigenvalue weighted by atomic mass is 32.3. The van der Waals surface area contributed by atoms with E-state index < -0.39 is 42.6 Å². The van der Waals surface area contributed by atoms with Crippen LogP contribution in [0.5, 0.6) is 0 Å². The van der Waals surface area contributed by atoms with Gasteiger partial charge in [0.15, 0.2) is 11.6 Å². The van der Waals surface area contributed by atoms with Crippen molar-refractivity contribution in [1.29, 1.82) is 0 Å². The first-order chi connectivity index (χ1) is 16.2. The first-order valence-electron chi connectivity index (χ1n) is 12.5. The largest absolute Gasteiger partial charge is 0.332 e. The van der Waals surface area contributed by atoms with Gasteiger partial charge >= 0.3 is 0 Å². The minimum absolute atomic E-state index is 0.0196. The van der Waals surface area contributed by atoms with Crippen molar-refractivity contribution in [3.63, 3.8) is 0 Å². The van der Waals surface area contributed by atoms with E-state index in [0.29, 0.717) is 12.1 Å². The number of piperazine rings is 1. The van der Waals surface area contributed by atoms with Crippen LogP contribution >= 0.6 is 9.16 Å². The molecule has 2 amide bonds. The maximum Gasteiger partial charge on any atom is 0.250 e. The number of halogens is 2. The van der Waals surface area contributed by atoms with E-state index >= 15 is 0 Å². The molecule has 1 aromatic carbocycles. The Balaban J connectivity index is 1.63. The fraction of sp³-hybridized carbons (Fsp3) is 0.680. The summed E-state index contributed by atoms with van der Waals surface area (Å²) in [6, 6.07) is 3.04. The molecule has 0 N–H and O–H groups in total. The zero-order chi connectivity index (χ0) is 25.8. The van der Waals surface area contributed by atoms with Crippen molar-refractivity contribution in [2.45, 2.75) is 50.8 Å². The van der Waals surface area contributed by atoms with Gasteiger partial charge in [-0.3, -0.25) is 9.59 Å². The van der Waals surface area contributed by atoms with Gasteiger partial charge in [0.25, 0.3) is 0 Å². The lowest BCUT2D eigenvalue weighted by Gasteiger charge is -2.56. The average Bonchev–Trinajstić information content (AvgIpc) is 3.55. The maximum atomic E-state index is 14.2. The molecule has 3 aliphatic heterocycles. The van der Waals surface area contributed by atoms with Gasteiger partial charge in [-0.1, -0.05) is 26.8 Å². The van der Waals surface area contributed by atoms with Crippen LogP contribution < -0.4 is 0 Å². The van der Waals surface area contributed by atoms with Crippen LogP contribution in [0.2, 0.25) is 0 Å². The van der Waals surface area contributed by atoms with Gasteiger partial charge in [-0.2, -0.15) is 0 Å². The molecule has 0 radical (unpaired) electrons. The molecule has 1 aromatic rings. The van der Waals surface area contributed by atoms with Crippen molar-refractivity contribution >= 4 is 30.1 Å². The zero-order valence-electron chi connectivity index (χ0n) is 21.1. The Kier molecular flexibility index (Phi) is 6.57. The van der Waals surface area contributed by atoms with E-state index in [1.165, 1.54) is 6.07 Å². The van der Waals surface area contributed by atoms with E-state index in [-0.39, 0.29) is 53.3 Å². The molecule has 3 fully saturated rings. The van der Waals surface area contributed by atoms with Crippen LogP contribution in [-0.4, -0.2) is 83.0 Å². The molecule has 3 heterocycles.